The average molecular weight is 486 g/mol. The molecule has 3 amide bonds. The van der Waals surface area contributed by atoms with E-state index in [0.29, 0.717) is 18.5 Å². The number of anilines is 1. The van der Waals surface area contributed by atoms with Crippen LogP contribution in [0, 0.1) is 0 Å². The molecule has 9 heteroatoms. The number of morpholine rings is 1. The maximum absolute atomic E-state index is 13.1. The van der Waals surface area contributed by atoms with Crippen LogP contribution in [0.3, 0.4) is 0 Å². The van der Waals surface area contributed by atoms with E-state index >= 15 is 0 Å². The molecule has 2 saturated heterocycles. The zero-order valence-corrected chi connectivity index (χ0v) is 20.1. The summed E-state index contributed by atoms with van der Waals surface area (Å²) in [5, 5.41) is 6.90. The number of rotatable bonds is 4. The van der Waals surface area contributed by atoms with Gasteiger partial charge in [0.05, 0.1) is 25.1 Å². The van der Waals surface area contributed by atoms with Crippen molar-refractivity contribution in [1.82, 2.24) is 20.0 Å². The Kier molecular flexibility index (Phi) is 5.56. The van der Waals surface area contributed by atoms with Gasteiger partial charge in [-0.2, -0.15) is 5.10 Å². The van der Waals surface area contributed by atoms with Gasteiger partial charge in [-0.25, -0.2) is 0 Å². The maximum Gasteiger partial charge on any atom is 0.255 e. The quantitative estimate of drug-likeness (QED) is 0.570. The van der Waals surface area contributed by atoms with E-state index in [4.69, 9.17) is 4.74 Å². The third kappa shape index (κ3) is 3.85. The topological polar surface area (TPSA) is 96.8 Å². The molecule has 2 aromatic carbocycles. The third-order valence-electron chi connectivity index (χ3n) is 7.27. The highest BCUT2D eigenvalue weighted by molar-refractivity contribution is 6.05. The summed E-state index contributed by atoms with van der Waals surface area (Å²) >= 11 is 0. The molecular formula is C27H27N5O4. The predicted octanol–water partition coefficient (Wildman–Crippen LogP) is 2.35. The van der Waals surface area contributed by atoms with Gasteiger partial charge in [-0.3, -0.25) is 24.4 Å². The van der Waals surface area contributed by atoms with Crippen molar-refractivity contribution in [1.29, 1.82) is 0 Å². The van der Waals surface area contributed by atoms with Gasteiger partial charge in [-0.1, -0.05) is 18.2 Å². The van der Waals surface area contributed by atoms with E-state index in [2.05, 4.69) is 39.6 Å². The fraction of sp³-hybridized carbons (Fsp3) is 0.333. The predicted molar refractivity (Wildman–Crippen MR) is 133 cm³/mol. The van der Waals surface area contributed by atoms with Crippen LogP contribution in [0.2, 0.25) is 0 Å². The highest BCUT2D eigenvalue weighted by atomic mass is 16.5. The van der Waals surface area contributed by atoms with Gasteiger partial charge >= 0.3 is 0 Å². The minimum atomic E-state index is -0.622. The van der Waals surface area contributed by atoms with Crippen LogP contribution in [-0.4, -0.2) is 64.7 Å². The lowest BCUT2D eigenvalue weighted by atomic mass is 9.98. The first-order valence-corrected chi connectivity index (χ1v) is 12.2. The van der Waals surface area contributed by atoms with Crippen LogP contribution in [-0.2, 0) is 27.9 Å². The summed E-state index contributed by atoms with van der Waals surface area (Å²) in [5.74, 6) is -0.859. The van der Waals surface area contributed by atoms with Crippen LogP contribution >= 0.6 is 0 Å². The highest BCUT2D eigenvalue weighted by Gasteiger charge is 2.39. The van der Waals surface area contributed by atoms with Crippen LogP contribution in [0.5, 0.6) is 0 Å². The summed E-state index contributed by atoms with van der Waals surface area (Å²) in [4.78, 5) is 40.9. The van der Waals surface area contributed by atoms with Crippen molar-refractivity contribution in [3.63, 3.8) is 0 Å². The lowest BCUT2D eigenvalue weighted by Gasteiger charge is -2.29. The number of benzene rings is 2. The molecule has 3 aromatic rings. The Morgan fingerprint density at radius 1 is 1.00 bits per heavy atom. The fourth-order valence-corrected chi connectivity index (χ4v) is 5.40. The second kappa shape index (κ2) is 8.91. The first kappa shape index (κ1) is 22.5. The molecule has 0 radical (unpaired) electrons. The normalized spacial score (nSPS) is 20.0. The Bertz CT molecular complexity index is 1370. The lowest BCUT2D eigenvalue weighted by molar-refractivity contribution is -0.136. The van der Waals surface area contributed by atoms with E-state index in [1.165, 1.54) is 0 Å². The number of aromatic nitrogens is 2. The molecule has 0 spiro atoms. The standard InChI is InChI=1S/C27H27N5O4/c1-30-25(18-3-2-4-20(14-18)31-9-11-36-12-10-31)22(15-28-30)17-5-6-21-19(13-17)16-32(27(21)35)23-7-8-24(33)29-26(23)34/h2-6,13-15,23H,7-12,16H2,1H3,(H,29,33,34). The van der Waals surface area contributed by atoms with E-state index in [1.54, 1.807) is 4.90 Å². The number of ether oxygens (including phenoxy) is 1. The minimum Gasteiger partial charge on any atom is -0.378 e. The minimum absolute atomic E-state index is 0.171. The van der Waals surface area contributed by atoms with E-state index in [9.17, 15) is 14.4 Å². The number of hydrogen-bond donors (Lipinski definition) is 1. The van der Waals surface area contributed by atoms with Gasteiger partial charge in [0, 0.05) is 55.5 Å². The number of carbonyl (C=O) groups is 3. The number of hydrogen-bond acceptors (Lipinski definition) is 6. The highest BCUT2D eigenvalue weighted by Crippen LogP contribution is 2.36. The number of nitrogens with one attached hydrogen (secondary N) is 1. The number of imide groups is 1. The van der Waals surface area contributed by atoms with E-state index in [-0.39, 0.29) is 18.2 Å². The van der Waals surface area contributed by atoms with Crippen LogP contribution in [0.1, 0.15) is 28.8 Å². The van der Waals surface area contributed by atoms with Gasteiger partial charge in [0.25, 0.3) is 5.91 Å². The van der Waals surface area contributed by atoms with Crippen molar-refractivity contribution in [3.8, 4) is 22.4 Å². The molecule has 0 aliphatic carbocycles. The second-order valence-electron chi connectivity index (χ2n) is 9.45. The Morgan fingerprint density at radius 3 is 2.64 bits per heavy atom. The maximum atomic E-state index is 13.1. The summed E-state index contributed by atoms with van der Waals surface area (Å²) in [6.45, 7) is 3.53. The van der Waals surface area contributed by atoms with E-state index in [0.717, 1.165) is 59.9 Å². The molecule has 4 heterocycles. The number of nitrogens with zero attached hydrogens (tertiary/aromatic N) is 4. The van der Waals surface area contributed by atoms with Gasteiger partial charge in [0.1, 0.15) is 6.04 Å². The molecule has 0 bridgehead atoms. The fourth-order valence-electron chi connectivity index (χ4n) is 5.40. The molecule has 1 unspecified atom stereocenters. The number of piperidine rings is 1. The molecule has 0 saturated carbocycles. The van der Waals surface area contributed by atoms with Crippen LogP contribution in [0.15, 0.2) is 48.7 Å². The Hall–Kier alpha value is -3.98. The van der Waals surface area contributed by atoms with Crippen molar-refractivity contribution in [2.75, 3.05) is 31.2 Å². The molecule has 36 heavy (non-hydrogen) atoms. The number of carbonyl (C=O) groups excluding carboxylic acids is 3. The second-order valence-corrected chi connectivity index (χ2v) is 9.45. The summed E-state index contributed by atoms with van der Waals surface area (Å²) in [6, 6.07) is 13.6. The van der Waals surface area contributed by atoms with Crippen LogP contribution < -0.4 is 10.2 Å². The van der Waals surface area contributed by atoms with E-state index < -0.39 is 11.9 Å². The lowest BCUT2D eigenvalue weighted by Crippen LogP contribution is -2.52. The molecule has 1 aromatic heterocycles. The van der Waals surface area contributed by atoms with Gasteiger partial charge in [-0.15, -0.1) is 0 Å². The summed E-state index contributed by atoms with van der Waals surface area (Å²) in [7, 11) is 1.93. The van der Waals surface area contributed by atoms with Crippen LogP contribution in [0.25, 0.3) is 22.4 Å². The summed E-state index contributed by atoms with van der Waals surface area (Å²) < 4.78 is 7.38. The monoisotopic (exact) mass is 485 g/mol. The first-order chi connectivity index (χ1) is 17.5. The molecule has 1 N–H and O–H groups in total. The Morgan fingerprint density at radius 2 is 1.83 bits per heavy atom. The molecule has 9 nitrogen and oxygen atoms in total. The summed E-state index contributed by atoms with van der Waals surface area (Å²) in [6.07, 6.45) is 2.45. The number of fused-ring (bicyclic) bond motifs is 1. The molecule has 2 fully saturated rings. The number of amides is 3. The molecule has 3 aliphatic rings. The van der Waals surface area contributed by atoms with Crippen LogP contribution in [0.4, 0.5) is 5.69 Å². The van der Waals surface area contributed by atoms with Crippen molar-refractivity contribution in [2.45, 2.75) is 25.4 Å². The smallest absolute Gasteiger partial charge is 0.255 e. The largest absolute Gasteiger partial charge is 0.378 e. The number of aryl methyl sites for hydroxylation is 1. The SMILES string of the molecule is Cn1ncc(-c2ccc3c(c2)CN(C2CCC(=O)NC2=O)C3=O)c1-c1cccc(N2CCOCC2)c1. The molecule has 3 aliphatic heterocycles. The average Bonchev–Trinajstić information content (AvgIpc) is 3.44. The Labute approximate surface area is 208 Å². The molecule has 6 rings (SSSR count). The van der Waals surface area contributed by atoms with Crippen molar-refractivity contribution in [2.24, 2.45) is 7.05 Å². The molecule has 1 atom stereocenters. The van der Waals surface area contributed by atoms with E-state index in [1.807, 2.05) is 36.1 Å². The zero-order valence-electron chi connectivity index (χ0n) is 20.1. The third-order valence-corrected chi connectivity index (χ3v) is 7.27. The zero-order chi connectivity index (χ0) is 24.8. The van der Waals surface area contributed by atoms with Crippen molar-refractivity contribution in [3.05, 3.63) is 59.8 Å². The molecular weight excluding hydrogens is 458 g/mol. The van der Waals surface area contributed by atoms with Gasteiger partial charge < -0.3 is 14.5 Å². The van der Waals surface area contributed by atoms with Gasteiger partial charge in [0.15, 0.2) is 0 Å². The Balaban J connectivity index is 1.31. The van der Waals surface area contributed by atoms with Crippen molar-refractivity contribution >= 4 is 23.4 Å². The van der Waals surface area contributed by atoms with Crippen molar-refractivity contribution < 1.29 is 19.1 Å². The van der Waals surface area contributed by atoms with Gasteiger partial charge in [0.2, 0.25) is 11.8 Å². The van der Waals surface area contributed by atoms with Gasteiger partial charge in [-0.05, 0) is 41.8 Å². The first-order valence-electron chi connectivity index (χ1n) is 12.2. The molecule has 184 valence electrons. The summed E-state index contributed by atoms with van der Waals surface area (Å²) in [5.41, 5.74) is 6.63.